The number of carbonyl (C=O) groups is 1. The summed E-state index contributed by atoms with van der Waals surface area (Å²) in [6, 6.07) is 9.53. The average Bonchev–Trinajstić information content (AvgIpc) is 2.36. The maximum Gasteiger partial charge on any atom is 0.235 e. The van der Waals surface area contributed by atoms with Crippen molar-refractivity contribution in [3.8, 4) is 0 Å². The molecule has 0 spiro atoms. The monoisotopic (exact) mass is 255 g/mol. The van der Waals surface area contributed by atoms with E-state index in [-0.39, 0.29) is 18.3 Å². The van der Waals surface area contributed by atoms with Crippen molar-refractivity contribution in [2.45, 2.75) is 18.7 Å². The quantitative estimate of drug-likeness (QED) is 0.775. The smallest absolute Gasteiger partial charge is 0.235 e. The Hall–Kier alpha value is -1.20. The summed E-state index contributed by atoms with van der Waals surface area (Å²) in [5.74, 6) is -0.111. The molecule has 0 aliphatic rings. The zero-order chi connectivity index (χ0) is 12.7. The Morgan fingerprint density at radius 3 is 2.65 bits per heavy atom. The van der Waals surface area contributed by atoms with Crippen LogP contribution in [-0.4, -0.2) is 32.8 Å². The number of rotatable bonds is 6. The number of aliphatic hydroxyl groups excluding tert-OH is 1. The Labute approximate surface area is 104 Å². The maximum absolute atomic E-state index is 11.6. The van der Waals surface area contributed by atoms with E-state index in [1.807, 2.05) is 30.3 Å². The second-order valence-electron chi connectivity index (χ2n) is 3.65. The fraction of sp³-hybridized carbons (Fsp3) is 0.417. The van der Waals surface area contributed by atoms with Gasteiger partial charge in [0.1, 0.15) is 5.25 Å². The van der Waals surface area contributed by atoms with E-state index in [1.54, 1.807) is 6.92 Å². The summed E-state index contributed by atoms with van der Waals surface area (Å²) in [4.78, 5) is 11.6. The van der Waals surface area contributed by atoms with Gasteiger partial charge in [0.15, 0.2) is 0 Å². The van der Waals surface area contributed by atoms with E-state index in [1.165, 1.54) is 0 Å². The lowest BCUT2D eigenvalue weighted by Crippen LogP contribution is -2.36. The second kappa shape index (κ2) is 7.19. The third kappa shape index (κ3) is 4.66. The van der Waals surface area contributed by atoms with Gasteiger partial charge in [-0.1, -0.05) is 30.3 Å². The van der Waals surface area contributed by atoms with E-state index < -0.39 is 16.0 Å². The molecule has 17 heavy (non-hydrogen) atoms. The Morgan fingerprint density at radius 2 is 2.06 bits per heavy atom. The van der Waals surface area contributed by atoms with E-state index in [2.05, 4.69) is 5.32 Å². The van der Waals surface area contributed by atoms with E-state index >= 15 is 0 Å². The second-order valence-corrected chi connectivity index (χ2v) is 5.53. The molecule has 2 N–H and O–H groups in total. The van der Waals surface area contributed by atoms with Crippen LogP contribution in [0.3, 0.4) is 0 Å². The predicted molar refractivity (Wildman–Crippen MR) is 67.8 cm³/mol. The van der Waals surface area contributed by atoms with Crippen molar-refractivity contribution in [3.05, 3.63) is 35.9 Å². The molecule has 0 saturated heterocycles. The minimum absolute atomic E-state index is 0.139. The minimum atomic E-state index is -1.31. The van der Waals surface area contributed by atoms with Crippen molar-refractivity contribution in [2.24, 2.45) is 0 Å². The molecule has 0 fully saturated rings. The molecule has 0 unspecified atom stereocenters. The van der Waals surface area contributed by atoms with Gasteiger partial charge in [-0.15, -0.1) is 0 Å². The van der Waals surface area contributed by atoms with Crippen molar-refractivity contribution in [1.82, 2.24) is 5.32 Å². The first-order valence-electron chi connectivity index (χ1n) is 5.45. The van der Waals surface area contributed by atoms with Crippen LogP contribution in [0.15, 0.2) is 30.3 Å². The van der Waals surface area contributed by atoms with E-state index in [9.17, 15) is 9.00 Å². The Bertz CT molecular complexity index is 381. The summed E-state index contributed by atoms with van der Waals surface area (Å²) in [7, 11) is -1.31. The highest BCUT2D eigenvalue weighted by Crippen LogP contribution is 2.00. The van der Waals surface area contributed by atoms with Crippen LogP contribution in [-0.2, 0) is 22.1 Å². The molecule has 0 radical (unpaired) electrons. The fourth-order valence-electron chi connectivity index (χ4n) is 1.31. The lowest BCUT2D eigenvalue weighted by atomic mass is 10.2. The molecule has 94 valence electrons. The minimum Gasteiger partial charge on any atom is -0.395 e. The summed E-state index contributed by atoms with van der Waals surface area (Å²) in [6.07, 6.45) is 0. The molecule has 0 aliphatic heterocycles. The van der Waals surface area contributed by atoms with Crippen LogP contribution in [0.25, 0.3) is 0 Å². The molecule has 1 aromatic rings. The van der Waals surface area contributed by atoms with Crippen LogP contribution in [0.4, 0.5) is 0 Å². The molecule has 0 aliphatic carbocycles. The summed E-state index contributed by atoms with van der Waals surface area (Å²) in [5, 5.41) is 10.8. The topological polar surface area (TPSA) is 66.4 Å². The van der Waals surface area contributed by atoms with Crippen molar-refractivity contribution in [2.75, 3.05) is 12.4 Å². The van der Waals surface area contributed by atoms with Gasteiger partial charge in [0.25, 0.3) is 0 Å². The van der Waals surface area contributed by atoms with Gasteiger partial charge in [0.2, 0.25) is 5.91 Å². The zero-order valence-corrected chi connectivity index (χ0v) is 10.6. The number of nitrogens with one attached hydrogen (secondary N) is 1. The number of amides is 1. The average molecular weight is 255 g/mol. The van der Waals surface area contributed by atoms with Gasteiger partial charge in [-0.05, 0) is 12.5 Å². The normalized spacial score (nSPS) is 14.0. The molecule has 0 saturated carbocycles. The first kappa shape index (κ1) is 13.9. The number of carbonyl (C=O) groups excluding carboxylic acids is 1. The van der Waals surface area contributed by atoms with Gasteiger partial charge in [-0.25, -0.2) is 0 Å². The number of benzene rings is 1. The third-order valence-corrected chi connectivity index (χ3v) is 3.95. The molecular weight excluding hydrogens is 238 g/mol. The van der Waals surface area contributed by atoms with Crippen LogP contribution in [0.5, 0.6) is 0 Å². The van der Waals surface area contributed by atoms with Crippen molar-refractivity contribution in [3.63, 3.8) is 0 Å². The molecule has 1 amide bonds. The number of aliphatic hydroxyl groups is 1. The Balaban J connectivity index is 2.42. The Morgan fingerprint density at radius 1 is 1.41 bits per heavy atom. The Kier molecular flexibility index (Phi) is 5.86. The molecule has 2 atom stereocenters. The van der Waals surface area contributed by atoms with Crippen LogP contribution in [0.2, 0.25) is 0 Å². The highest BCUT2D eigenvalue weighted by molar-refractivity contribution is 7.86. The first-order chi connectivity index (χ1) is 8.15. The molecule has 1 rings (SSSR count). The van der Waals surface area contributed by atoms with Gasteiger partial charge >= 0.3 is 0 Å². The van der Waals surface area contributed by atoms with Crippen LogP contribution < -0.4 is 5.32 Å². The van der Waals surface area contributed by atoms with Crippen molar-refractivity contribution >= 4 is 16.7 Å². The molecular formula is C12H17NO3S. The van der Waals surface area contributed by atoms with Crippen molar-refractivity contribution in [1.29, 1.82) is 0 Å². The van der Waals surface area contributed by atoms with E-state index in [0.717, 1.165) is 5.56 Å². The van der Waals surface area contributed by atoms with E-state index in [0.29, 0.717) is 6.54 Å². The third-order valence-electron chi connectivity index (χ3n) is 2.37. The highest BCUT2D eigenvalue weighted by atomic mass is 32.2. The highest BCUT2D eigenvalue weighted by Gasteiger charge is 2.18. The van der Waals surface area contributed by atoms with Gasteiger partial charge in [0.05, 0.1) is 6.61 Å². The van der Waals surface area contributed by atoms with Crippen LogP contribution in [0, 0.1) is 0 Å². The van der Waals surface area contributed by atoms with Gasteiger partial charge in [-0.3, -0.25) is 9.00 Å². The summed E-state index contributed by atoms with van der Waals surface area (Å²) in [6.45, 7) is 1.87. The summed E-state index contributed by atoms with van der Waals surface area (Å²) < 4.78 is 11.5. The van der Waals surface area contributed by atoms with E-state index in [4.69, 9.17) is 5.11 Å². The predicted octanol–water partition coefficient (Wildman–Crippen LogP) is 0.432. The molecule has 5 heteroatoms. The molecule has 0 aromatic heterocycles. The van der Waals surface area contributed by atoms with Gasteiger partial charge in [0, 0.05) is 23.1 Å². The lowest BCUT2D eigenvalue weighted by molar-refractivity contribution is -0.120. The number of hydrogen-bond acceptors (Lipinski definition) is 3. The van der Waals surface area contributed by atoms with Gasteiger partial charge < -0.3 is 10.4 Å². The molecule has 0 heterocycles. The molecule has 4 nitrogen and oxygen atoms in total. The summed E-state index contributed by atoms with van der Waals surface area (Å²) >= 11 is 0. The van der Waals surface area contributed by atoms with Crippen molar-refractivity contribution < 1.29 is 14.1 Å². The molecule has 0 bridgehead atoms. The fourth-order valence-corrected chi connectivity index (χ4v) is 2.17. The largest absolute Gasteiger partial charge is 0.395 e. The van der Waals surface area contributed by atoms with Crippen LogP contribution in [0.1, 0.15) is 12.5 Å². The SMILES string of the molecule is C[C@@H](C(=O)NCc1ccccc1)[S@](=O)CCO. The summed E-state index contributed by atoms with van der Waals surface area (Å²) in [5.41, 5.74) is 1.00. The zero-order valence-electron chi connectivity index (χ0n) is 9.76. The first-order valence-corrected chi connectivity index (χ1v) is 6.83. The maximum atomic E-state index is 11.6. The standard InChI is InChI=1S/C12H17NO3S/c1-10(17(16)8-7-14)12(15)13-9-11-5-3-2-4-6-11/h2-6,10,14H,7-9H2,1H3,(H,13,15)/t10-,17+/m0/s1. The molecule has 1 aromatic carbocycles. The number of hydrogen-bond donors (Lipinski definition) is 2. The van der Waals surface area contributed by atoms with Gasteiger partial charge in [-0.2, -0.15) is 0 Å². The lowest BCUT2D eigenvalue weighted by Gasteiger charge is -2.11. The van der Waals surface area contributed by atoms with Crippen LogP contribution >= 0.6 is 0 Å².